The Morgan fingerprint density at radius 1 is 1.12 bits per heavy atom. The molecule has 1 saturated carbocycles. The number of carbonyl (C=O) groups is 2. The molecule has 2 aromatic carbocycles. The lowest BCUT2D eigenvalue weighted by molar-refractivity contribution is -0.131. The average Bonchev–Trinajstić information content (AvgIpc) is 3.05. The van der Waals surface area contributed by atoms with Crippen LogP contribution < -0.4 is 14.2 Å². The molecule has 1 spiro atoms. The molecule has 0 N–H and O–H groups in total. The summed E-state index contributed by atoms with van der Waals surface area (Å²) in [7, 11) is 3.83. The molecule has 2 heterocycles. The summed E-state index contributed by atoms with van der Waals surface area (Å²) in [5, 5.41) is 0. The van der Waals surface area contributed by atoms with Gasteiger partial charge in [0.05, 0.1) is 7.11 Å². The summed E-state index contributed by atoms with van der Waals surface area (Å²) >= 11 is 0. The van der Waals surface area contributed by atoms with Crippen molar-refractivity contribution in [3.8, 4) is 17.2 Å². The van der Waals surface area contributed by atoms with Crippen LogP contribution in [0.3, 0.4) is 0 Å². The van der Waals surface area contributed by atoms with Gasteiger partial charge in [0, 0.05) is 30.9 Å². The van der Waals surface area contributed by atoms with Crippen LogP contribution in [-0.4, -0.2) is 49.7 Å². The van der Waals surface area contributed by atoms with Crippen LogP contribution in [0.5, 0.6) is 17.2 Å². The fourth-order valence-electron chi connectivity index (χ4n) is 6.16. The highest BCUT2D eigenvalue weighted by Gasteiger charge is 2.58. The summed E-state index contributed by atoms with van der Waals surface area (Å²) in [6.45, 7) is 5.40. The summed E-state index contributed by atoms with van der Waals surface area (Å²) < 4.78 is 23.4. The monoisotopic (exact) mass is 465 g/mol. The van der Waals surface area contributed by atoms with E-state index in [-0.39, 0.29) is 34.9 Å². The Kier molecular flexibility index (Phi) is 5.76. The molecule has 5 rings (SSSR count). The van der Waals surface area contributed by atoms with E-state index in [1.807, 2.05) is 6.07 Å². The molecule has 0 saturated heterocycles. The van der Waals surface area contributed by atoms with E-state index in [9.17, 15) is 9.59 Å². The Morgan fingerprint density at radius 3 is 2.68 bits per heavy atom. The van der Waals surface area contributed by atoms with Crippen LogP contribution in [0.25, 0.3) is 0 Å². The molecule has 7 heteroatoms. The summed E-state index contributed by atoms with van der Waals surface area (Å²) in [6, 6.07) is 10.8. The minimum atomic E-state index is -0.487. The topological polar surface area (TPSA) is 74.3 Å². The molecule has 7 nitrogen and oxygen atoms in total. The Hall–Kier alpha value is -3.06. The summed E-state index contributed by atoms with van der Waals surface area (Å²) in [6.07, 6.45) is 1.93. The van der Waals surface area contributed by atoms with Crippen LogP contribution in [0.1, 0.15) is 54.6 Å². The molecule has 0 radical (unpaired) electrons. The maximum Gasteiger partial charge on any atom is 0.342 e. The van der Waals surface area contributed by atoms with E-state index in [1.54, 1.807) is 31.4 Å². The first-order chi connectivity index (χ1) is 16.3. The highest BCUT2D eigenvalue weighted by molar-refractivity contribution is 5.93. The number of carbonyl (C=O) groups excluding carboxylic acids is 2. The van der Waals surface area contributed by atoms with Crippen LogP contribution in [-0.2, 0) is 21.5 Å². The van der Waals surface area contributed by atoms with Crippen LogP contribution in [0, 0.1) is 5.92 Å². The summed E-state index contributed by atoms with van der Waals surface area (Å²) in [5.74, 6) is 1.10. The third-order valence-corrected chi connectivity index (χ3v) is 7.68. The van der Waals surface area contributed by atoms with Crippen molar-refractivity contribution < 1.29 is 28.5 Å². The van der Waals surface area contributed by atoms with E-state index < -0.39 is 11.9 Å². The van der Waals surface area contributed by atoms with Crippen molar-refractivity contribution >= 4 is 11.9 Å². The third kappa shape index (κ3) is 3.63. The summed E-state index contributed by atoms with van der Waals surface area (Å²) in [5.41, 5.74) is 2.68. The van der Waals surface area contributed by atoms with Gasteiger partial charge in [-0.2, -0.15) is 0 Å². The quantitative estimate of drug-likeness (QED) is 0.497. The largest absolute Gasteiger partial charge is 0.493 e. The van der Waals surface area contributed by atoms with Crippen molar-refractivity contribution in [1.29, 1.82) is 0 Å². The van der Waals surface area contributed by atoms with Crippen LogP contribution >= 0.6 is 0 Å². The van der Waals surface area contributed by atoms with Gasteiger partial charge in [0.15, 0.2) is 11.5 Å². The minimum absolute atomic E-state index is 0.102. The predicted octanol–water partition coefficient (Wildman–Crippen LogP) is 4.11. The maximum atomic E-state index is 13.1. The third-order valence-electron chi connectivity index (χ3n) is 7.68. The lowest BCUT2D eigenvalue weighted by Crippen LogP contribution is -2.52. The van der Waals surface area contributed by atoms with Gasteiger partial charge in [0.2, 0.25) is 0 Å². The molecule has 34 heavy (non-hydrogen) atoms. The standard InChI is InChI=1S/C27H31NO6/c1-16-13-19(33-26(30)20-7-5-6-8-21(20)32-17(2)29)14-23-27(16)11-12-28(3)15-18-9-10-22(31-4)25(34-23)24(18)27/h5-10,16,19,23H,11-15H2,1-4H3/t16?,19-,23?,27+/m0/s1. The number of benzene rings is 2. The van der Waals surface area contributed by atoms with Gasteiger partial charge < -0.3 is 23.8 Å². The van der Waals surface area contributed by atoms with Crippen molar-refractivity contribution in [3.63, 3.8) is 0 Å². The normalized spacial score (nSPS) is 27.6. The molecule has 3 aliphatic rings. The molecule has 2 aliphatic heterocycles. The molecule has 0 bridgehead atoms. The number of esters is 2. The zero-order chi connectivity index (χ0) is 24.0. The maximum absolute atomic E-state index is 13.1. The zero-order valence-electron chi connectivity index (χ0n) is 20.1. The highest BCUT2D eigenvalue weighted by Crippen LogP contribution is 2.59. The van der Waals surface area contributed by atoms with E-state index in [0.29, 0.717) is 6.42 Å². The number of para-hydroxylation sites is 1. The second kappa shape index (κ2) is 8.62. The first kappa shape index (κ1) is 22.7. The number of nitrogens with zero attached hydrogens (tertiary/aromatic N) is 1. The zero-order valence-corrected chi connectivity index (χ0v) is 20.1. The van der Waals surface area contributed by atoms with E-state index in [4.69, 9.17) is 18.9 Å². The Balaban J connectivity index is 1.43. The van der Waals surface area contributed by atoms with Gasteiger partial charge in [0.1, 0.15) is 23.5 Å². The van der Waals surface area contributed by atoms with Crippen LogP contribution in [0.15, 0.2) is 36.4 Å². The van der Waals surface area contributed by atoms with Gasteiger partial charge >= 0.3 is 11.9 Å². The lowest BCUT2D eigenvalue weighted by atomic mass is 9.59. The second-order valence-corrected chi connectivity index (χ2v) is 9.76. The number of methoxy groups -OCH3 is 1. The second-order valence-electron chi connectivity index (χ2n) is 9.76. The first-order valence-electron chi connectivity index (χ1n) is 11.9. The van der Waals surface area contributed by atoms with Gasteiger partial charge in [-0.15, -0.1) is 0 Å². The van der Waals surface area contributed by atoms with Crippen LogP contribution in [0.2, 0.25) is 0 Å². The molecule has 1 fully saturated rings. The number of hydrogen-bond donors (Lipinski definition) is 0. The number of hydrogen-bond acceptors (Lipinski definition) is 7. The average molecular weight is 466 g/mol. The van der Waals surface area contributed by atoms with Crippen molar-refractivity contribution in [3.05, 3.63) is 53.1 Å². The van der Waals surface area contributed by atoms with Crippen molar-refractivity contribution in [1.82, 2.24) is 4.90 Å². The highest BCUT2D eigenvalue weighted by atomic mass is 16.6. The fraction of sp³-hybridized carbons (Fsp3) is 0.481. The predicted molar refractivity (Wildman–Crippen MR) is 125 cm³/mol. The number of ether oxygens (including phenoxy) is 4. The molecule has 180 valence electrons. The van der Waals surface area contributed by atoms with E-state index in [2.05, 4.69) is 24.9 Å². The first-order valence-corrected chi connectivity index (χ1v) is 11.9. The Morgan fingerprint density at radius 2 is 1.91 bits per heavy atom. The minimum Gasteiger partial charge on any atom is -0.493 e. The van der Waals surface area contributed by atoms with Crippen molar-refractivity contribution in [2.75, 3.05) is 20.7 Å². The van der Waals surface area contributed by atoms with Gasteiger partial charge in [-0.1, -0.05) is 25.1 Å². The molecule has 0 aromatic heterocycles. The molecule has 0 amide bonds. The molecular formula is C27H31NO6. The Labute approximate surface area is 199 Å². The summed E-state index contributed by atoms with van der Waals surface area (Å²) in [4.78, 5) is 26.9. The lowest BCUT2D eigenvalue weighted by Gasteiger charge is -2.46. The molecule has 2 aromatic rings. The van der Waals surface area contributed by atoms with E-state index in [1.165, 1.54) is 18.1 Å². The van der Waals surface area contributed by atoms with Crippen molar-refractivity contribution in [2.24, 2.45) is 5.92 Å². The Bertz CT molecular complexity index is 1130. The molecule has 2 unspecified atom stereocenters. The fourth-order valence-corrected chi connectivity index (χ4v) is 6.16. The molecule has 1 aliphatic carbocycles. The van der Waals surface area contributed by atoms with E-state index in [0.717, 1.165) is 37.4 Å². The van der Waals surface area contributed by atoms with Gasteiger partial charge in [-0.25, -0.2) is 4.79 Å². The van der Waals surface area contributed by atoms with Gasteiger partial charge in [0.25, 0.3) is 0 Å². The number of rotatable bonds is 4. The van der Waals surface area contributed by atoms with Crippen molar-refractivity contribution in [2.45, 2.75) is 57.3 Å². The molecule has 4 atom stereocenters. The SMILES string of the molecule is COc1ccc2c3c1OC1C[C@@H](OC(=O)c4ccccc4OC(C)=O)CC(C)[C@@]31CCN(C)C2. The smallest absolute Gasteiger partial charge is 0.342 e. The van der Waals surface area contributed by atoms with Gasteiger partial charge in [-0.3, -0.25) is 4.79 Å². The van der Waals surface area contributed by atoms with Crippen LogP contribution in [0.4, 0.5) is 0 Å². The molecular weight excluding hydrogens is 434 g/mol. The van der Waals surface area contributed by atoms with Gasteiger partial charge in [-0.05, 0) is 56.1 Å². The van der Waals surface area contributed by atoms with E-state index >= 15 is 0 Å².